The van der Waals surface area contributed by atoms with E-state index in [1.807, 2.05) is 6.20 Å². The first kappa shape index (κ1) is 10.3. The van der Waals surface area contributed by atoms with Gasteiger partial charge in [0.25, 0.3) is 0 Å². The van der Waals surface area contributed by atoms with Crippen molar-refractivity contribution in [2.75, 3.05) is 6.54 Å². The fourth-order valence-electron chi connectivity index (χ4n) is 3.41. The number of hydrogen-bond donors (Lipinski definition) is 1. The summed E-state index contributed by atoms with van der Waals surface area (Å²) in [4.78, 5) is 2.74. The van der Waals surface area contributed by atoms with E-state index in [0.29, 0.717) is 6.04 Å². The van der Waals surface area contributed by atoms with Crippen LogP contribution in [-0.2, 0) is 0 Å². The third kappa shape index (κ3) is 1.88. The molecule has 2 fully saturated rings. The fraction of sp³-hybridized carbons (Fsp3) is 0.769. The molecule has 0 bridgehead atoms. The van der Waals surface area contributed by atoms with Gasteiger partial charge in [-0.05, 0) is 38.3 Å². The number of aromatic amines is 1. The highest BCUT2D eigenvalue weighted by Gasteiger charge is 2.31. The molecule has 16 heavy (non-hydrogen) atoms. The van der Waals surface area contributed by atoms with Crippen molar-refractivity contribution in [2.45, 2.75) is 57.0 Å². The number of rotatable bonds is 2. The van der Waals surface area contributed by atoms with Crippen molar-refractivity contribution in [3.8, 4) is 0 Å². The van der Waals surface area contributed by atoms with Crippen molar-refractivity contribution in [3.05, 3.63) is 18.0 Å². The molecule has 0 amide bonds. The van der Waals surface area contributed by atoms with Gasteiger partial charge in [0.05, 0.1) is 11.7 Å². The molecule has 3 nitrogen and oxygen atoms in total. The monoisotopic (exact) mass is 219 g/mol. The van der Waals surface area contributed by atoms with Gasteiger partial charge in [0.2, 0.25) is 0 Å². The van der Waals surface area contributed by atoms with Gasteiger partial charge < -0.3 is 0 Å². The van der Waals surface area contributed by atoms with Crippen molar-refractivity contribution in [2.24, 2.45) is 0 Å². The van der Waals surface area contributed by atoms with Crippen LogP contribution in [0.5, 0.6) is 0 Å². The van der Waals surface area contributed by atoms with Crippen LogP contribution in [0, 0.1) is 0 Å². The zero-order valence-electron chi connectivity index (χ0n) is 9.86. The maximum Gasteiger partial charge on any atom is 0.0523 e. The van der Waals surface area contributed by atoms with Gasteiger partial charge in [0.15, 0.2) is 0 Å². The van der Waals surface area contributed by atoms with E-state index < -0.39 is 0 Å². The average molecular weight is 219 g/mol. The Labute approximate surface area is 97.2 Å². The minimum absolute atomic E-state index is 0.611. The number of H-pyrrole nitrogens is 1. The predicted octanol–water partition coefficient (Wildman–Crippen LogP) is 2.88. The van der Waals surface area contributed by atoms with Gasteiger partial charge in [-0.25, -0.2) is 0 Å². The van der Waals surface area contributed by atoms with Crippen LogP contribution in [0.15, 0.2) is 12.3 Å². The average Bonchev–Trinajstić information content (AvgIpc) is 3.03. The van der Waals surface area contributed by atoms with Gasteiger partial charge in [-0.1, -0.05) is 19.3 Å². The summed E-state index contributed by atoms with van der Waals surface area (Å²) in [7, 11) is 0. The molecular formula is C13H21N3. The lowest BCUT2D eigenvalue weighted by Crippen LogP contribution is -2.40. The van der Waals surface area contributed by atoms with E-state index in [-0.39, 0.29) is 0 Å². The van der Waals surface area contributed by atoms with Gasteiger partial charge in [-0.2, -0.15) is 5.10 Å². The van der Waals surface area contributed by atoms with Crippen molar-refractivity contribution in [1.82, 2.24) is 15.1 Å². The quantitative estimate of drug-likeness (QED) is 0.829. The van der Waals surface area contributed by atoms with Gasteiger partial charge in [0, 0.05) is 12.2 Å². The first-order chi connectivity index (χ1) is 7.95. The zero-order valence-corrected chi connectivity index (χ0v) is 9.86. The van der Waals surface area contributed by atoms with E-state index in [0.717, 1.165) is 6.04 Å². The number of nitrogens with zero attached hydrogens (tertiary/aromatic N) is 2. The number of piperidine rings is 1. The lowest BCUT2D eigenvalue weighted by Gasteiger charge is -2.39. The molecule has 3 heteroatoms. The normalized spacial score (nSPS) is 28.6. The molecule has 1 saturated carbocycles. The summed E-state index contributed by atoms with van der Waals surface area (Å²) in [6, 6.07) is 3.60. The summed E-state index contributed by atoms with van der Waals surface area (Å²) < 4.78 is 0. The van der Waals surface area contributed by atoms with Crippen LogP contribution in [0.1, 0.15) is 56.7 Å². The maximum atomic E-state index is 4.11. The Morgan fingerprint density at radius 1 is 1.12 bits per heavy atom. The highest BCUT2D eigenvalue weighted by atomic mass is 15.2. The van der Waals surface area contributed by atoms with E-state index in [4.69, 9.17) is 0 Å². The molecule has 88 valence electrons. The Bertz CT molecular complexity index is 314. The summed E-state index contributed by atoms with van der Waals surface area (Å²) in [6.45, 7) is 1.29. The summed E-state index contributed by atoms with van der Waals surface area (Å²) >= 11 is 0. The second-order valence-electron chi connectivity index (χ2n) is 5.20. The van der Waals surface area contributed by atoms with E-state index in [1.165, 1.54) is 57.2 Å². The number of nitrogens with one attached hydrogen (secondary N) is 1. The van der Waals surface area contributed by atoms with Crippen molar-refractivity contribution >= 4 is 0 Å². The number of hydrogen-bond acceptors (Lipinski definition) is 2. The molecule has 1 atom stereocenters. The third-order valence-electron chi connectivity index (χ3n) is 4.22. The smallest absolute Gasteiger partial charge is 0.0523 e. The molecule has 0 aromatic carbocycles. The van der Waals surface area contributed by atoms with E-state index in [1.54, 1.807) is 0 Å². The lowest BCUT2D eigenvalue weighted by atomic mass is 9.97. The maximum absolute atomic E-state index is 4.11. The summed E-state index contributed by atoms with van der Waals surface area (Å²) in [5, 5.41) is 7.28. The van der Waals surface area contributed by atoms with Gasteiger partial charge in [-0.15, -0.1) is 0 Å². The molecule has 2 heterocycles. The molecular weight excluding hydrogens is 198 g/mol. The van der Waals surface area contributed by atoms with Crippen LogP contribution >= 0.6 is 0 Å². The molecule has 1 aromatic heterocycles. The van der Waals surface area contributed by atoms with Crippen LogP contribution in [0.25, 0.3) is 0 Å². The van der Waals surface area contributed by atoms with Crippen LogP contribution in [0.2, 0.25) is 0 Å². The molecule has 3 rings (SSSR count). The van der Waals surface area contributed by atoms with Crippen LogP contribution in [0.4, 0.5) is 0 Å². The summed E-state index contributed by atoms with van der Waals surface area (Å²) in [5.74, 6) is 0. The Balaban J connectivity index is 1.78. The van der Waals surface area contributed by atoms with Gasteiger partial charge in [-0.3, -0.25) is 10.00 Å². The van der Waals surface area contributed by atoms with Crippen LogP contribution in [0.3, 0.4) is 0 Å². The Morgan fingerprint density at radius 3 is 2.69 bits per heavy atom. The van der Waals surface area contributed by atoms with Crippen molar-refractivity contribution in [1.29, 1.82) is 0 Å². The van der Waals surface area contributed by atoms with E-state index in [2.05, 4.69) is 21.2 Å². The standard InChI is InChI=1S/C13H21N3/c1-2-6-11(5-1)16-10-4-3-7-13(16)12-8-9-14-15-12/h8-9,11,13H,1-7,10H2,(H,14,15). The Kier molecular flexibility index (Phi) is 2.96. The molecule has 1 unspecified atom stereocenters. The van der Waals surface area contributed by atoms with E-state index >= 15 is 0 Å². The van der Waals surface area contributed by atoms with Crippen LogP contribution < -0.4 is 0 Å². The van der Waals surface area contributed by atoms with Crippen molar-refractivity contribution in [3.63, 3.8) is 0 Å². The topological polar surface area (TPSA) is 31.9 Å². The molecule has 1 aromatic rings. The third-order valence-corrected chi connectivity index (χ3v) is 4.22. The predicted molar refractivity (Wildman–Crippen MR) is 64.1 cm³/mol. The van der Waals surface area contributed by atoms with Gasteiger partial charge >= 0.3 is 0 Å². The molecule has 0 spiro atoms. The fourth-order valence-corrected chi connectivity index (χ4v) is 3.41. The highest BCUT2D eigenvalue weighted by molar-refractivity contribution is 5.07. The number of likely N-dealkylation sites (tertiary alicyclic amines) is 1. The molecule has 0 radical (unpaired) electrons. The summed E-state index contributed by atoms with van der Waals surface area (Å²) in [5.41, 5.74) is 1.33. The number of aromatic nitrogens is 2. The zero-order chi connectivity index (χ0) is 10.8. The SMILES string of the molecule is c1cc(C2CCCCN2C2CCCC2)[nH]n1. The first-order valence-corrected chi connectivity index (χ1v) is 6.70. The second kappa shape index (κ2) is 4.58. The van der Waals surface area contributed by atoms with Crippen LogP contribution in [-0.4, -0.2) is 27.7 Å². The highest BCUT2D eigenvalue weighted by Crippen LogP contribution is 2.36. The minimum Gasteiger partial charge on any atom is -0.292 e. The second-order valence-corrected chi connectivity index (χ2v) is 5.20. The largest absolute Gasteiger partial charge is 0.292 e. The minimum atomic E-state index is 0.611. The van der Waals surface area contributed by atoms with E-state index in [9.17, 15) is 0 Å². The molecule has 1 N–H and O–H groups in total. The lowest BCUT2D eigenvalue weighted by molar-refractivity contribution is 0.0942. The van der Waals surface area contributed by atoms with Gasteiger partial charge in [0.1, 0.15) is 0 Å². The molecule has 1 saturated heterocycles. The first-order valence-electron chi connectivity index (χ1n) is 6.70. The Hall–Kier alpha value is -0.830. The molecule has 1 aliphatic heterocycles. The molecule has 1 aliphatic carbocycles. The molecule has 2 aliphatic rings. The van der Waals surface area contributed by atoms with Crippen molar-refractivity contribution < 1.29 is 0 Å². The summed E-state index contributed by atoms with van der Waals surface area (Å²) in [6.07, 6.45) is 11.6. The Morgan fingerprint density at radius 2 is 1.94 bits per heavy atom.